The first kappa shape index (κ1) is 22.1. The van der Waals surface area contributed by atoms with Crippen LogP contribution in [-0.4, -0.2) is 61.1 Å². The molecule has 0 unspecified atom stereocenters. The number of nitrogens with zero attached hydrogens (tertiary/aromatic N) is 6. The van der Waals surface area contributed by atoms with Crippen LogP contribution in [0.25, 0.3) is 33.9 Å². The fourth-order valence-corrected chi connectivity index (χ4v) is 4.36. The highest BCUT2D eigenvalue weighted by Crippen LogP contribution is 2.39. The fraction of sp³-hybridized carbons (Fsp3) is 0.333. The minimum Gasteiger partial charge on any atom is -0.491 e. The molecule has 0 bridgehead atoms. The molecule has 3 aromatic heterocycles. The number of benzene rings is 1. The molecule has 0 amide bonds. The van der Waals surface area contributed by atoms with Gasteiger partial charge in [-0.2, -0.15) is 15.4 Å². The predicted octanol–water partition coefficient (Wildman–Crippen LogP) is 4.00. The maximum absolute atomic E-state index is 15.2. The zero-order valence-electron chi connectivity index (χ0n) is 19.1. The van der Waals surface area contributed by atoms with Crippen LogP contribution in [0.2, 0.25) is 0 Å². The highest BCUT2D eigenvalue weighted by Gasteiger charge is 2.24. The van der Waals surface area contributed by atoms with Crippen molar-refractivity contribution in [2.24, 2.45) is 7.05 Å². The second-order valence-corrected chi connectivity index (χ2v) is 8.40. The van der Waals surface area contributed by atoms with Crippen molar-refractivity contribution < 1.29 is 13.5 Å². The van der Waals surface area contributed by atoms with Gasteiger partial charge in [-0.3, -0.25) is 9.88 Å². The molecule has 5 rings (SSSR count). The summed E-state index contributed by atoms with van der Waals surface area (Å²) in [4.78, 5) is 11.2. The van der Waals surface area contributed by atoms with Gasteiger partial charge >= 0.3 is 0 Å². The summed E-state index contributed by atoms with van der Waals surface area (Å²) in [5.74, 6) is -1.27. The van der Waals surface area contributed by atoms with E-state index >= 15 is 4.39 Å². The van der Waals surface area contributed by atoms with E-state index in [1.807, 2.05) is 19.1 Å². The molecule has 1 N–H and O–H groups in total. The third-order valence-electron chi connectivity index (χ3n) is 6.05. The van der Waals surface area contributed by atoms with Gasteiger partial charge in [0, 0.05) is 37.5 Å². The van der Waals surface area contributed by atoms with Crippen molar-refractivity contribution in [3.63, 3.8) is 0 Å². The molecule has 1 aliphatic heterocycles. The van der Waals surface area contributed by atoms with E-state index in [4.69, 9.17) is 4.74 Å². The summed E-state index contributed by atoms with van der Waals surface area (Å²) >= 11 is 0. The van der Waals surface area contributed by atoms with Crippen LogP contribution in [0.4, 0.5) is 8.78 Å². The number of imidazole rings is 1. The lowest BCUT2D eigenvalue weighted by atomic mass is 10.0. The molecule has 4 heterocycles. The van der Waals surface area contributed by atoms with Crippen LogP contribution < -0.4 is 4.74 Å². The molecule has 0 atom stereocenters. The second-order valence-electron chi connectivity index (χ2n) is 8.40. The maximum atomic E-state index is 15.2. The third-order valence-corrected chi connectivity index (χ3v) is 6.05. The Balaban J connectivity index is 1.53. The Morgan fingerprint density at radius 2 is 1.88 bits per heavy atom. The zero-order valence-corrected chi connectivity index (χ0v) is 19.1. The topological polar surface area (TPSA) is 84.8 Å². The number of nitrogens with one attached hydrogen (secondary N) is 1. The smallest absolute Gasteiger partial charge is 0.139 e. The first-order valence-corrected chi connectivity index (χ1v) is 11.2. The Kier molecular flexibility index (Phi) is 6.06. The van der Waals surface area contributed by atoms with Gasteiger partial charge in [0.2, 0.25) is 0 Å². The molecule has 0 radical (unpaired) electrons. The first-order chi connectivity index (χ1) is 16.5. The van der Waals surface area contributed by atoms with Crippen molar-refractivity contribution in [2.45, 2.75) is 19.8 Å². The molecule has 0 spiro atoms. The number of aryl methyl sites for hydroxylation is 2. The molecule has 0 saturated carbocycles. The van der Waals surface area contributed by atoms with E-state index in [9.17, 15) is 4.39 Å². The summed E-state index contributed by atoms with van der Waals surface area (Å²) in [7, 11) is 1.76. The van der Waals surface area contributed by atoms with Gasteiger partial charge < -0.3 is 9.30 Å². The molecule has 4 aromatic rings. The van der Waals surface area contributed by atoms with Crippen molar-refractivity contribution >= 4 is 0 Å². The number of aromatic amines is 1. The van der Waals surface area contributed by atoms with E-state index in [1.165, 1.54) is 6.07 Å². The van der Waals surface area contributed by atoms with Crippen molar-refractivity contribution in [1.82, 2.24) is 34.8 Å². The summed E-state index contributed by atoms with van der Waals surface area (Å²) in [5.41, 5.74) is 3.84. The third kappa shape index (κ3) is 4.28. The standard InChI is InChI=1S/C24H25F2N7O/c1-15-22(30-31-29-15)16-5-6-27-19(11-16)23-24(32(2)14-28-23)21-18(26)12-17(25)13-20(21)34-10-9-33-7-3-4-8-33/h5-6,11-14H,3-4,7-10H2,1-2H3,(H,29,30,31). The van der Waals surface area contributed by atoms with Gasteiger partial charge in [-0.25, -0.2) is 13.8 Å². The number of rotatable bonds is 7. The van der Waals surface area contributed by atoms with Gasteiger partial charge in [0.05, 0.1) is 29.0 Å². The minimum atomic E-state index is -0.718. The zero-order chi connectivity index (χ0) is 23.7. The molecular formula is C24H25F2N7O. The fourth-order valence-electron chi connectivity index (χ4n) is 4.36. The highest BCUT2D eigenvalue weighted by molar-refractivity contribution is 5.82. The minimum absolute atomic E-state index is 0.144. The number of hydrogen-bond acceptors (Lipinski definition) is 6. The lowest BCUT2D eigenvalue weighted by molar-refractivity contribution is 0.237. The number of hydrogen-bond donors (Lipinski definition) is 1. The summed E-state index contributed by atoms with van der Waals surface area (Å²) in [6, 6.07) is 5.73. The van der Waals surface area contributed by atoms with Gasteiger partial charge in [-0.15, -0.1) is 0 Å². The van der Waals surface area contributed by atoms with E-state index < -0.39 is 11.6 Å². The second kappa shape index (κ2) is 9.30. The van der Waals surface area contributed by atoms with E-state index in [2.05, 4.69) is 30.3 Å². The van der Waals surface area contributed by atoms with Crippen LogP contribution in [0.15, 0.2) is 36.8 Å². The Morgan fingerprint density at radius 3 is 2.65 bits per heavy atom. The van der Waals surface area contributed by atoms with Crippen molar-refractivity contribution in [2.75, 3.05) is 26.2 Å². The largest absolute Gasteiger partial charge is 0.491 e. The Bertz CT molecular complexity index is 1310. The predicted molar refractivity (Wildman–Crippen MR) is 123 cm³/mol. The SMILES string of the molecule is Cc1n[nH]nc1-c1ccnc(-c2ncn(C)c2-c2c(F)cc(F)cc2OCCN2CCCC2)c1. The Morgan fingerprint density at radius 1 is 1.06 bits per heavy atom. The monoisotopic (exact) mass is 465 g/mol. The average Bonchev–Trinajstić information content (AvgIpc) is 3.56. The van der Waals surface area contributed by atoms with Crippen LogP contribution in [-0.2, 0) is 7.05 Å². The molecule has 0 aliphatic carbocycles. The quantitative estimate of drug-likeness (QED) is 0.444. The summed E-state index contributed by atoms with van der Waals surface area (Å²) in [6.45, 7) is 4.93. The number of H-pyrrole nitrogens is 1. The van der Waals surface area contributed by atoms with Gasteiger partial charge in [0.1, 0.15) is 35.4 Å². The van der Waals surface area contributed by atoms with Crippen molar-refractivity contribution in [3.8, 4) is 39.7 Å². The van der Waals surface area contributed by atoms with Crippen LogP contribution >= 0.6 is 0 Å². The lowest BCUT2D eigenvalue weighted by Crippen LogP contribution is -2.25. The van der Waals surface area contributed by atoms with Crippen molar-refractivity contribution in [3.05, 3.63) is 54.1 Å². The molecule has 176 valence electrons. The van der Waals surface area contributed by atoms with Gasteiger partial charge in [-0.1, -0.05) is 0 Å². The van der Waals surface area contributed by atoms with Crippen molar-refractivity contribution in [1.29, 1.82) is 0 Å². The maximum Gasteiger partial charge on any atom is 0.139 e. The number of pyridine rings is 1. The van der Waals surface area contributed by atoms with Crippen LogP contribution in [0.3, 0.4) is 0 Å². The van der Waals surface area contributed by atoms with E-state index in [1.54, 1.807) is 24.1 Å². The van der Waals surface area contributed by atoms with Gasteiger partial charge in [0.25, 0.3) is 0 Å². The first-order valence-electron chi connectivity index (χ1n) is 11.2. The van der Waals surface area contributed by atoms with E-state index in [0.717, 1.165) is 43.3 Å². The van der Waals surface area contributed by atoms with Gasteiger partial charge in [-0.05, 0) is 45.0 Å². The van der Waals surface area contributed by atoms with E-state index in [-0.39, 0.29) is 11.3 Å². The average molecular weight is 466 g/mol. The van der Waals surface area contributed by atoms with Crippen LogP contribution in [0.1, 0.15) is 18.5 Å². The molecule has 1 aromatic carbocycles. The molecule has 10 heteroatoms. The van der Waals surface area contributed by atoms with Gasteiger partial charge in [0.15, 0.2) is 0 Å². The molecule has 1 aliphatic rings. The summed E-state index contributed by atoms with van der Waals surface area (Å²) < 4.78 is 37.0. The summed E-state index contributed by atoms with van der Waals surface area (Å²) in [5, 5.41) is 10.9. The lowest BCUT2D eigenvalue weighted by Gasteiger charge is -2.18. The molecule has 1 fully saturated rings. The molecule has 34 heavy (non-hydrogen) atoms. The Hall–Kier alpha value is -3.66. The normalized spacial score (nSPS) is 14.1. The van der Waals surface area contributed by atoms with Crippen LogP contribution in [0.5, 0.6) is 5.75 Å². The number of ether oxygens (including phenoxy) is 1. The Labute approximate surface area is 195 Å². The number of aromatic nitrogens is 6. The number of likely N-dealkylation sites (tertiary alicyclic amines) is 1. The van der Waals surface area contributed by atoms with Crippen LogP contribution in [0, 0.1) is 18.6 Å². The molecular weight excluding hydrogens is 440 g/mol. The van der Waals surface area contributed by atoms with E-state index in [0.29, 0.717) is 35.9 Å². The number of halogens is 2. The molecule has 1 saturated heterocycles. The molecule has 8 nitrogen and oxygen atoms in total. The highest BCUT2D eigenvalue weighted by atomic mass is 19.1. The summed E-state index contributed by atoms with van der Waals surface area (Å²) in [6.07, 6.45) is 5.55.